The second-order valence-electron chi connectivity index (χ2n) is 6.11. The first-order chi connectivity index (χ1) is 11.9. The van der Waals surface area contributed by atoms with Gasteiger partial charge in [0.25, 0.3) is 0 Å². The third kappa shape index (κ3) is 6.01. The second kappa shape index (κ2) is 11.4. The fourth-order valence-corrected chi connectivity index (χ4v) is 3.16. The van der Waals surface area contributed by atoms with Crippen molar-refractivity contribution >= 4 is 26.7 Å². The molecule has 0 radical (unpaired) electrons. The van der Waals surface area contributed by atoms with Crippen molar-refractivity contribution in [2.45, 2.75) is 51.9 Å². The predicted molar refractivity (Wildman–Crippen MR) is 107 cm³/mol. The van der Waals surface area contributed by atoms with Gasteiger partial charge in [-0.25, -0.2) is 0 Å². The van der Waals surface area contributed by atoms with Gasteiger partial charge in [0.05, 0.1) is 13.2 Å². The average Bonchev–Trinajstić information content (AvgIpc) is 2.62. The van der Waals surface area contributed by atoms with Crippen LogP contribution in [0.15, 0.2) is 36.4 Å². The van der Waals surface area contributed by atoms with Crippen LogP contribution >= 0.6 is 15.9 Å². The van der Waals surface area contributed by atoms with Crippen molar-refractivity contribution in [3.8, 4) is 11.5 Å². The lowest BCUT2D eigenvalue weighted by Gasteiger charge is -2.13. The van der Waals surface area contributed by atoms with E-state index in [9.17, 15) is 0 Å². The predicted octanol–water partition coefficient (Wildman–Crippen LogP) is 6.74. The van der Waals surface area contributed by atoms with E-state index in [-0.39, 0.29) is 0 Å². The van der Waals surface area contributed by atoms with Crippen molar-refractivity contribution in [1.82, 2.24) is 0 Å². The summed E-state index contributed by atoms with van der Waals surface area (Å²) in [6.45, 7) is 3.79. The molecule has 2 aromatic carbocycles. The van der Waals surface area contributed by atoms with Crippen molar-refractivity contribution in [1.29, 1.82) is 0 Å². The SMILES string of the molecule is CCCCCCCOc1ccc(OCCCCBr)c2ccccc12. The Balaban J connectivity index is 1.96. The molecule has 2 nitrogen and oxygen atoms in total. The zero-order chi connectivity index (χ0) is 17.0. The summed E-state index contributed by atoms with van der Waals surface area (Å²) in [4.78, 5) is 0. The lowest BCUT2D eigenvalue weighted by Crippen LogP contribution is -2.00. The molecule has 0 aliphatic rings. The average molecular weight is 393 g/mol. The van der Waals surface area contributed by atoms with Gasteiger partial charge in [0.15, 0.2) is 0 Å². The van der Waals surface area contributed by atoms with Crippen LogP contribution in [0.3, 0.4) is 0 Å². The third-order valence-electron chi connectivity index (χ3n) is 4.14. The maximum Gasteiger partial charge on any atom is 0.127 e. The molecule has 0 saturated heterocycles. The minimum atomic E-state index is 0.757. The van der Waals surface area contributed by atoms with Gasteiger partial charge in [-0.15, -0.1) is 0 Å². The van der Waals surface area contributed by atoms with Crippen LogP contribution in [0.5, 0.6) is 11.5 Å². The quantitative estimate of drug-likeness (QED) is 0.294. The molecule has 0 amide bonds. The first-order valence-electron chi connectivity index (χ1n) is 9.20. The molecule has 0 heterocycles. The van der Waals surface area contributed by atoms with Crippen LogP contribution in [0.25, 0.3) is 10.8 Å². The normalized spacial score (nSPS) is 10.9. The molecule has 0 saturated carbocycles. The number of hydrogen-bond donors (Lipinski definition) is 0. The van der Waals surface area contributed by atoms with Gasteiger partial charge >= 0.3 is 0 Å². The van der Waals surface area contributed by atoms with E-state index in [4.69, 9.17) is 9.47 Å². The van der Waals surface area contributed by atoms with Crippen LogP contribution < -0.4 is 9.47 Å². The molecule has 0 aliphatic carbocycles. The van der Waals surface area contributed by atoms with Crippen LogP contribution in [-0.2, 0) is 0 Å². The van der Waals surface area contributed by atoms with Crippen LogP contribution in [0, 0.1) is 0 Å². The number of hydrogen-bond acceptors (Lipinski definition) is 2. The van der Waals surface area contributed by atoms with Crippen molar-refractivity contribution in [3.63, 3.8) is 0 Å². The molecule has 0 bridgehead atoms. The lowest BCUT2D eigenvalue weighted by molar-refractivity contribution is 0.303. The standard InChI is InChI=1S/C21H29BrO2/c1-2-3-4-5-9-16-23-20-13-14-21(24-17-10-8-15-22)19-12-7-6-11-18(19)20/h6-7,11-14H,2-5,8-10,15-17H2,1H3. The Kier molecular flexibility index (Phi) is 9.04. The van der Waals surface area contributed by atoms with E-state index in [1.807, 2.05) is 12.1 Å². The Hall–Kier alpha value is -1.22. The first-order valence-corrected chi connectivity index (χ1v) is 10.3. The summed E-state index contributed by atoms with van der Waals surface area (Å²) in [5.74, 6) is 1.92. The van der Waals surface area contributed by atoms with Gasteiger partial charge in [0, 0.05) is 16.1 Å². The Labute approximate surface area is 154 Å². The van der Waals surface area contributed by atoms with E-state index in [0.717, 1.165) is 60.1 Å². The van der Waals surface area contributed by atoms with Gasteiger partial charge in [-0.3, -0.25) is 0 Å². The highest BCUT2D eigenvalue weighted by Crippen LogP contribution is 2.33. The Morgan fingerprint density at radius 3 is 1.79 bits per heavy atom. The molecule has 0 atom stereocenters. The summed E-state index contributed by atoms with van der Waals surface area (Å²) in [7, 11) is 0. The summed E-state index contributed by atoms with van der Waals surface area (Å²) in [6, 6.07) is 12.4. The van der Waals surface area contributed by atoms with Gasteiger partial charge in [-0.1, -0.05) is 72.8 Å². The van der Waals surface area contributed by atoms with E-state index in [2.05, 4.69) is 47.1 Å². The number of benzene rings is 2. The smallest absolute Gasteiger partial charge is 0.127 e. The van der Waals surface area contributed by atoms with E-state index in [1.165, 1.54) is 25.7 Å². The van der Waals surface area contributed by atoms with Gasteiger partial charge < -0.3 is 9.47 Å². The molecule has 0 aliphatic heterocycles. The minimum Gasteiger partial charge on any atom is -0.493 e. The fourth-order valence-electron chi connectivity index (χ4n) is 2.76. The van der Waals surface area contributed by atoms with Crippen LogP contribution in [-0.4, -0.2) is 18.5 Å². The fraction of sp³-hybridized carbons (Fsp3) is 0.524. The zero-order valence-corrected chi connectivity index (χ0v) is 16.3. The molecular formula is C21H29BrO2. The number of halogens is 1. The molecule has 0 N–H and O–H groups in total. The van der Waals surface area contributed by atoms with Gasteiger partial charge in [-0.05, 0) is 31.4 Å². The van der Waals surface area contributed by atoms with Gasteiger partial charge in [0.1, 0.15) is 11.5 Å². The summed E-state index contributed by atoms with van der Waals surface area (Å²) in [6.07, 6.45) is 8.49. The largest absolute Gasteiger partial charge is 0.493 e. The van der Waals surface area contributed by atoms with E-state index >= 15 is 0 Å². The molecule has 0 aromatic heterocycles. The summed E-state index contributed by atoms with van der Waals surface area (Å²) >= 11 is 3.46. The molecular weight excluding hydrogens is 364 g/mol. The van der Waals surface area contributed by atoms with Crippen LogP contribution in [0.4, 0.5) is 0 Å². The number of fused-ring (bicyclic) bond motifs is 1. The zero-order valence-electron chi connectivity index (χ0n) is 14.7. The second-order valence-corrected chi connectivity index (χ2v) is 6.91. The topological polar surface area (TPSA) is 18.5 Å². The Morgan fingerprint density at radius 1 is 0.708 bits per heavy atom. The van der Waals surface area contributed by atoms with E-state index in [0.29, 0.717) is 0 Å². The monoisotopic (exact) mass is 392 g/mol. The Morgan fingerprint density at radius 2 is 1.25 bits per heavy atom. The summed E-state index contributed by atoms with van der Waals surface area (Å²) < 4.78 is 12.0. The highest BCUT2D eigenvalue weighted by Gasteiger charge is 2.07. The summed E-state index contributed by atoms with van der Waals surface area (Å²) in [5.41, 5.74) is 0. The highest BCUT2D eigenvalue weighted by molar-refractivity contribution is 9.09. The molecule has 3 heteroatoms. The molecule has 0 spiro atoms. The lowest BCUT2D eigenvalue weighted by atomic mass is 10.1. The molecule has 132 valence electrons. The molecule has 0 fully saturated rings. The van der Waals surface area contributed by atoms with Crippen molar-refractivity contribution in [2.75, 3.05) is 18.5 Å². The molecule has 24 heavy (non-hydrogen) atoms. The number of rotatable bonds is 12. The van der Waals surface area contributed by atoms with Gasteiger partial charge in [-0.2, -0.15) is 0 Å². The van der Waals surface area contributed by atoms with Crippen molar-refractivity contribution < 1.29 is 9.47 Å². The van der Waals surface area contributed by atoms with E-state index < -0.39 is 0 Å². The highest BCUT2D eigenvalue weighted by atomic mass is 79.9. The third-order valence-corrected chi connectivity index (χ3v) is 4.70. The van der Waals surface area contributed by atoms with E-state index in [1.54, 1.807) is 0 Å². The first kappa shape index (κ1) is 19.1. The maximum absolute atomic E-state index is 6.04. The van der Waals surface area contributed by atoms with Crippen LogP contribution in [0.2, 0.25) is 0 Å². The number of unbranched alkanes of at least 4 members (excludes halogenated alkanes) is 5. The maximum atomic E-state index is 6.04. The van der Waals surface area contributed by atoms with Crippen molar-refractivity contribution in [2.24, 2.45) is 0 Å². The number of ether oxygens (including phenoxy) is 2. The minimum absolute atomic E-state index is 0.757. The van der Waals surface area contributed by atoms with Crippen LogP contribution in [0.1, 0.15) is 51.9 Å². The van der Waals surface area contributed by atoms with Gasteiger partial charge in [0.2, 0.25) is 0 Å². The molecule has 2 aromatic rings. The van der Waals surface area contributed by atoms with Crippen molar-refractivity contribution in [3.05, 3.63) is 36.4 Å². The molecule has 2 rings (SSSR count). The summed E-state index contributed by atoms with van der Waals surface area (Å²) in [5, 5.41) is 3.31. The number of alkyl halides is 1. The Bertz CT molecular complexity index is 597. The molecule has 0 unspecified atom stereocenters.